The number of nitrogens with zero attached hydrogens (tertiary/aromatic N) is 4. The van der Waals surface area contributed by atoms with Gasteiger partial charge in [0.2, 0.25) is 0 Å². The SMILES string of the molecule is CCNCc1nnnn1-c1cc(C)ccc1OC. The van der Waals surface area contributed by atoms with Gasteiger partial charge in [0.25, 0.3) is 0 Å². The quantitative estimate of drug-likeness (QED) is 0.856. The van der Waals surface area contributed by atoms with Gasteiger partial charge in [-0.05, 0) is 41.6 Å². The summed E-state index contributed by atoms with van der Waals surface area (Å²) in [6, 6.07) is 5.92. The molecule has 1 heterocycles. The standard InChI is InChI=1S/C12H17N5O/c1-4-13-8-12-14-15-16-17(12)10-7-9(2)5-6-11(10)18-3/h5-7,13H,4,8H2,1-3H3. The molecule has 0 fully saturated rings. The van der Waals surface area contributed by atoms with Gasteiger partial charge in [0.1, 0.15) is 11.4 Å². The second kappa shape index (κ2) is 5.59. The number of nitrogens with one attached hydrogen (secondary N) is 1. The van der Waals surface area contributed by atoms with Crippen LogP contribution < -0.4 is 10.1 Å². The van der Waals surface area contributed by atoms with Crippen molar-refractivity contribution in [2.45, 2.75) is 20.4 Å². The Morgan fingerprint density at radius 1 is 1.39 bits per heavy atom. The molecule has 0 aliphatic rings. The van der Waals surface area contributed by atoms with Gasteiger partial charge in [0.15, 0.2) is 5.82 Å². The summed E-state index contributed by atoms with van der Waals surface area (Å²) in [5, 5.41) is 15.0. The average molecular weight is 247 g/mol. The van der Waals surface area contributed by atoms with E-state index in [2.05, 4.69) is 20.8 Å². The van der Waals surface area contributed by atoms with Crippen molar-refractivity contribution >= 4 is 0 Å². The fourth-order valence-corrected chi connectivity index (χ4v) is 1.71. The molecule has 0 atom stereocenters. The molecule has 0 saturated carbocycles. The molecule has 0 saturated heterocycles. The minimum Gasteiger partial charge on any atom is -0.494 e. The van der Waals surface area contributed by atoms with Gasteiger partial charge in [0.05, 0.1) is 13.7 Å². The Morgan fingerprint density at radius 3 is 2.94 bits per heavy atom. The summed E-state index contributed by atoms with van der Waals surface area (Å²) < 4.78 is 7.05. The Morgan fingerprint density at radius 2 is 2.22 bits per heavy atom. The van der Waals surface area contributed by atoms with Crippen LogP contribution in [0.3, 0.4) is 0 Å². The van der Waals surface area contributed by atoms with E-state index in [4.69, 9.17) is 4.74 Å². The van der Waals surface area contributed by atoms with E-state index in [1.165, 1.54) is 0 Å². The number of aryl methyl sites for hydroxylation is 1. The van der Waals surface area contributed by atoms with Gasteiger partial charge in [0, 0.05) is 0 Å². The number of hydrogen-bond donors (Lipinski definition) is 1. The normalized spacial score (nSPS) is 10.6. The lowest BCUT2D eigenvalue weighted by molar-refractivity contribution is 0.410. The Kier molecular flexibility index (Phi) is 3.88. The second-order valence-corrected chi connectivity index (χ2v) is 3.96. The molecule has 18 heavy (non-hydrogen) atoms. The van der Waals surface area contributed by atoms with Crippen molar-refractivity contribution in [3.63, 3.8) is 0 Å². The summed E-state index contributed by atoms with van der Waals surface area (Å²) in [6.45, 7) is 5.57. The molecule has 1 aromatic heterocycles. The monoisotopic (exact) mass is 247 g/mol. The van der Waals surface area contributed by atoms with Crippen LogP contribution in [0.25, 0.3) is 5.69 Å². The lowest BCUT2D eigenvalue weighted by atomic mass is 10.2. The Hall–Kier alpha value is -1.95. The highest BCUT2D eigenvalue weighted by Crippen LogP contribution is 2.23. The molecular weight excluding hydrogens is 230 g/mol. The van der Waals surface area contributed by atoms with Crippen LogP contribution in [0, 0.1) is 6.92 Å². The predicted molar refractivity (Wildman–Crippen MR) is 67.8 cm³/mol. The van der Waals surface area contributed by atoms with Gasteiger partial charge in [-0.2, -0.15) is 4.68 Å². The molecule has 0 bridgehead atoms. The molecule has 6 heteroatoms. The number of rotatable bonds is 5. The van der Waals surface area contributed by atoms with E-state index in [0.29, 0.717) is 6.54 Å². The largest absolute Gasteiger partial charge is 0.494 e. The summed E-state index contributed by atoms with van der Waals surface area (Å²) in [5.41, 5.74) is 1.99. The third-order valence-electron chi connectivity index (χ3n) is 2.63. The van der Waals surface area contributed by atoms with Crippen molar-refractivity contribution < 1.29 is 4.74 Å². The minimum atomic E-state index is 0.626. The van der Waals surface area contributed by atoms with Crippen LogP contribution in [-0.2, 0) is 6.54 Å². The van der Waals surface area contributed by atoms with Crippen molar-refractivity contribution in [2.75, 3.05) is 13.7 Å². The minimum absolute atomic E-state index is 0.626. The molecule has 6 nitrogen and oxygen atoms in total. The third kappa shape index (κ3) is 2.48. The van der Waals surface area contributed by atoms with Gasteiger partial charge in [-0.1, -0.05) is 13.0 Å². The lowest BCUT2D eigenvalue weighted by Gasteiger charge is -2.10. The van der Waals surface area contributed by atoms with E-state index in [0.717, 1.165) is 29.4 Å². The first-order valence-electron chi connectivity index (χ1n) is 5.89. The molecular formula is C12H17N5O. The first-order chi connectivity index (χ1) is 8.76. The summed E-state index contributed by atoms with van der Waals surface area (Å²) in [7, 11) is 1.64. The van der Waals surface area contributed by atoms with E-state index >= 15 is 0 Å². The highest BCUT2D eigenvalue weighted by Gasteiger charge is 2.12. The van der Waals surface area contributed by atoms with Crippen LogP contribution in [0.5, 0.6) is 5.75 Å². The zero-order chi connectivity index (χ0) is 13.0. The Balaban J connectivity index is 2.41. The number of hydrogen-bond acceptors (Lipinski definition) is 5. The molecule has 1 aromatic carbocycles. The lowest BCUT2D eigenvalue weighted by Crippen LogP contribution is -2.16. The van der Waals surface area contributed by atoms with E-state index in [1.807, 2.05) is 32.0 Å². The van der Waals surface area contributed by atoms with Crippen molar-refractivity contribution in [1.82, 2.24) is 25.5 Å². The van der Waals surface area contributed by atoms with Gasteiger partial charge in [-0.15, -0.1) is 5.10 Å². The fourth-order valence-electron chi connectivity index (χ4n) is 1.71. The van der Waals surface area contributed by atoms with E-state index < -0.39 is 0 Å². The molecule has 0 aliphatic carbocycles. The topological polar surface area (TPSA) is 64.9 Å². The first kappa shape index (κ1) is 12.5. The van der Waals surface area contributed by atoms with E-state index in [9.17, 15) is 0 Å². The molecule has 1 N–H and O–H groups in total. The Bertz CT molecular complexity index is 523. The fraction of sp³-hybridized carbons (Fsp3) is 0.417. The van der Waals surface area contributed by atoms with Crippen molar-refractivity contribution in [1.29, 1.82) is 0 Å². The van der Waals surface area contributed by atoms with Crippen molar-refractivity contribution in [2.24, 2.45) is 0 Å². The molecule has 2 rings (SSSR count). The number of methoxy groups -OCH3 is 1. The molecule has 0 amide bonds. The number of aromatic nitrogens is 4. The number of benzene rings is 1. The van der Waals surface area contributed by atoms with Gasteiger partial charge >= 0.3 is 0 Å². The molecule has 96 valence electrons. The second-order valence-electron chi connectivity index (χ2n) is 3.96. The molecule has 0 unspecified atom stereocenters. The van der Waals surface area contributed by atoms with Crippen molar-refractivity contribution in [3.8, 4) is 11.4 Å². The van der Waals surface area contributed by atoms with Gasteiger partial charge in [-0.3, -0.25) is 0 Å². The van der Waals surface area contributed by atoms with Crippen LogP contribution in [0.15, 0.2) is 18.2 Å². The summed E-state index contributed by atoms with van der Waals surface area (Å²) in [6.07, 6.45) is 0. The number of ether oxygens (including phenoxy) is 1. The van der Waals surface area contributed by atoms with Crippen LogP contribution >= 0.6 is 0 Å². The molecule has 2 aromatic rings. The molecule has 0 radical (unpaired) electrons. The van der Waals surface area contributed by atoms with Gasteiger partial charge in [-0.25, -0.2) is 0 Å². The third-order valence-corrected chi connectivity index (χ3v) is 2.63. The van der Waals surface area contributed by atoms with Crippen LogP contribution in [0.4, 0.5) is 0 Å². The predicted octanol–water partition coefficient (Wildman–Crippen LogP) is 1.09. The van der Waals surface area contributed by atoms with Crippen molar-refractivity contribution in [3.05, 3.63) is 29.6 Å². The highest BCUT2D eigenvalue weighted by atomic mass is 16.5. The van der Waals surface area contributed by atoms with E-state index in [1.54, 1.807) is 11.8 Å². The smallest absolute Gasteiger partial charge is 0.170 e. The maximum atomic E-state index is 5.35. The van der Waals surface area contributed by atoms with Crippen LogP contribution in [-0.4, -0.2) is 33.9 Å². The zero-order valence-electron chi connectivity index (χ0n) is 10.8. The summed E-state index contributed by atoms with van der Waals surface area (Å²) >= 11 is 0. The van der Waals surface area contributed by atoms with Crippen LogP contribution in [0.1, 0.15) is 18.3 Å². The average Bonchev–Trinajstić information content (AvgIpc) is 2.84. The van der Waals surface area contributed by atoms with E-state index in [-0.39, 0.29) is 0 Å². The highest BCUT2D eigenvalue weighted by molar-refractivity contribution is 5.48. The van der Waals surface area contributed by atoms with Gasteiger partial charge < -0.3 is 10.1 Å². The maximum absolute atomic E-state index is 5.35. The Labute approximate surface area is 106 Å². The first-order valence-corrected chi connectivity index (χ1v) is 5.89. The van der Waals surface area contributed by atoms with Crippen LogP contribution in [0.2, 0.25) is 0 Å². The maximum Gasteiger partial charge on any atom is 0.170 e. The number of tetrazole rings is 1. The molecule has 0 spiro atoms. The zero-order valence-corrected chi connectivity index (χ0v) is 10.8. The molecule has 0 aliphatic heterocycles. The summed E-state index contributed by atoms with van der Waals surface area (Å²) in [5.74, 6) is 1.52. The summed E-state index contributed by atoms with van der Waals surface area (Å²) in [4.78, 5) is 0.